The Morgan fingerprint density at radius 2 is 1.96 bits per heavy atom. The van der Waals surface area contributed by atoms with Crippen molar-refractivity contribution in [2.24, 2.45) is 0 Å². The van der Waals surface area contributed by atoms with Gasteiger partial charge < -0.3 is 10.1 Å². The molecule has 2 aromatic carbocycles. The first-order chi connectivity index (χ1) is 13.4. The van der Waals surface area contributed by atoms with Crippen LogP contribution in [0.5, 0.6) is 5.75 Å². The predicted molar refractivity (Wildman–Crippen MR) is 118 cm³/mol. The summed E-state index contributed by atoms with van der Waals surface area (Å²) >= 11 is 14.2. The maximum atomic E-state index is 12.3. The van der Waals surface area contributed by atoms with E-state index in [1.807, 2.05) is 18.2 Å². The Labute approximate surface area is 186 Å². The standard InChI is InChI=1S/C20H15Cl2IN2O3/c1-2-7-25-19(26)17(24-20(25)27)9-12-3-6-18(16(23)8-12)28-11-13-4-5-14(21)10-15(13)22/h2-6,8-10H,1,7,11H2,(H,24,27)/b17-9+. The van der Waals surface area contributed by atoms with Crippen molar-refractivity contribution in [2.75, 3.05) is 6.54 Å². The second-order valence-corrected chi connectivity index (χ2v) is 7.91. The number of urea groups is 1. The summed E-state index contributed by atoms with van der Waals surface area (Å²) in [5.41, 5.74) is 1.82. The van der Waals surface area contributed by atoms with E-state index in [1.165, 1.54) is 6.08 Å². The van der Waals surface area contributed by atoms with Crippen molar-refractivity contribution in [3.05, 3.63) is 79.5 Å². The lowest BCUT2D eigenvalue weighted by atomic mass is 10.2. The minimum Gasteiger partial charge on any atom is -0.488 e. The van der Waals surface area contributed by atoms with Crippen molar-refractivity contribution < 1.29 is 14.3 Å². The fourth-order valence-electron chi connectivity index (χ4n) is 2.55. The smallest absolute Gasteiger partial charge is 0.329 e. The van der Waals surface area contributed by atoms with Crippen LogP contribution in [-0.2, 0) is 11.4 Å². The molecular formula is C20H15Cl2IN2O3. The molecule has 0 radical (unpaired) electrons. The molecule has 0 saturated carbocycles. The number of nitrogens with zero attached hydrogens (tertiary/aromatic N) is 1. The van der Waals surface area contributed by atoms with Gasteiger partial charge in [-0.2, -0.15) is 0 Å². The van der Waals surface area contributed by atoms with Crippen LogP contribution >= 0.6 is 45.8 Å². The number of benzene rings is 2. The second-order valence-electron chi connectivity index (χ2n) is 5.91. The molecule has 0 atom stereocenters. The highest BCUT2D eigenvalue weighted by molar-refractivity contribution is 14.1. The molecule has 1 aliphatic rings. The molecule has 0 aliphatic carbocycles. The third-order valence-corrected chi connectivity index (χ3v) is 5.37. The molecule has 2 aromatic rings. The molecule has 1 heterocycles. The molecule has 3 amide bonds. The van der Waals surface area contributed by atoms with E-state index >= 15 is 0 Å². The maximum absolute atomic E-state index is 12.3. The van der Waals surface area contributed by atoms with Crippen LogP contribution in [0.3, 0.4) is 0 Å². The Hall–Kier alpha value is -2.03. The Morgan fingerprint density at radius 3 is 2.64 bits per heavy atom. The first-order valence-corrected chi connectivity index (χ1v) is 10.0. The second kappa shape index (κ2) is 8.98. The highest BCUT2D eigenvalue weighted by atomic mass is 127. The van der Waals surface area contributed by atoms with Gasteiger partial charge in [0.1, 0.15) is 18.1 Å². The first-order valence-electron chi connectivity index (χ1n) is 8.20. The number of ether oxygens (including phenoxy) is 1. The molecule has 0 spiro atoms. The van der Waals surface area contributed by atoms with E-state index in [0.29, 0.717) is 22.4 Å². The van der Waals surface area contributed by atoms with E-state index < -0.39 is 6.03 Å². The first kappa shape index (κ1) is 20.7. The van der Waals surface area contributed by atoms with E-state index in [9.17, 15) is 9.59 Å². The molecule has 5 nitrogen and oxygen atoms in total. The number of halogens is 3. The third-order valence-electron chi connectivity index (χ3n) is 3.94. The summed E-state index contributed by atoms with van der Waals surface area (Å²) in [6.45, 7) is 4.02. The number of nitrogens with one attached hydrogen (secondary N) is 1. The van der Waals surface area contributed by atoms with Crippen LogP contribution in [-0.4, -0.2) is 23.4 Å². The molecular weight excluding hydrogens is 514 g/mol. The zero-order chi connectivity index (χ0) is 20.3. The highest BCUT2D eigenvalue weighted by Gasteiger charge is 2.32. The lowest BCUT2D eigenvalue weighted by Gasteiger charge is -2.10. The van der Waals surface area contributed by atoms with Gasteiger partial charge in [-0.25, -0.2) is 4.79 Å². The van der Waals surface area contributed by atoms with Crippen LogP contribution in [0.15, 0.2) is 54.8 Å². The maximum Gasteiger partial charge on any atom is 0.329 e. The van der Waals surface area contributed by atoms with E-state index in [-0.39, 0.29) is 18.1 Å². The van der Waals surface area contributed by atoms with Gasteiger partial charge >= 0.3 is 6.03 Å². The number of carbonyl (C=O) groups excluding carboxylic acids is 2. The topological polar surface area (TPSA) is 58.6 Å². The highest BCUT2D eigenvalue weighted by Crippen LogP contribution is 2.27. The molecule has 1 aliphatic heterocycles. The van der Waals surface area contributed by atoms with Gasteiger partial charge in [0.05, 0.1) is 3.57 Å². The molecule has 144 valence electrons. The van der Waals surface area contributed by atoms with Crippen LogP contribution < -0.4 is 10.1 Å². The average Bonchev–Trinajstić information content (AvgIpc) is 2.90. The minimum absolute atomic E-state index is 0.166. The Bertz CT molecular complexity index is 991. The molecule has 1 N–H and O–H groups in total. The zero-order valence-electron chi connectivity index (χ0n) is 14.5. The summed E-state index contributed by atoms with van der Waals surface area (Å²) in [7, 11) is 0. The van der Waals surface area contributed by atoms with Gasteiger partial charge in [0.2, 0.25) is 0 Å². The van der Waals surface area contributed by atoms with Gasteiger partial charge in [0.25, 0.3) is 5.91 Å². The summed E-state index contributed by atoms with van der Waals surface area (Å²) in [6.07, 6.45) is 3.13. The Morgan fingerprint density at radius 1 is 1.18 bits per heavy atom. The number of amides is 3. The molecule has 3 rings (SSSR count). The lowest BCUT2D eigenvalue weighted by Crippen LogP contribution is -2.30. The fraction of sp³-hybridized carbons (Fsp3) is 0.100. The molecule has 0 aromatic heterocycles. The van der Waals surface area contributed by atoms with Gasteiger partial charge in [-0.3, -0.25) is 9.69 Å². The van der Waals surface area contributed by atoms with Crippen LogP contribution in [0.1, 0.15) is 11.1 Å². The quantitative estimate of drug-likeness (QED) is 0.241. The van der Waals surface area contributed by atoms with E-state index in [1.54, 1.807) is 24.3 Å². The lowest BCUT2D eigenvalue weighted by molar-refractivity contribution is -0.122. The van der Waals surface area contributed by atoms with Gasteiger partial charge in [-0.1, -0.05) is 41.4 Å². The van der Waals surface area contributed by atoms with E-state index in [4.69, 9.17) is 27.9 Å². The van der Waals surface area contributed by atoms with E-state index in [2.05, 4.69) is 34.5 Å². The zero-order valence-corrected chi connectivity index (χ0v) is 18.2. The summed E-state index contributed by atoms with van der Waals surface area (Å²) in [4.78, 5) is 25.2. The normalized spacial score (nSPS) is 15.1. The summed E-state index contributed by atoms with van der Waals surface area (Å²) < 4.78 is 6.70. The molecule has 1 saturated heterocycles. The number of hydrogen-bond donors (Lipinski definition) is 1. The number of carbonyl (C=O) groups is 2. The monoisotopic (exact) mass is 528 g/mol. The van der Waals surface area contributed by atoms with Crippen molar-refractivity contribution in [2.45, 2.75) is 6.61 Å². The predicted octanol–water partition coefficient (Wildman–Crippen LogP) is 5.26. The molecule has 28 heavy (non-hydrogen) atoms. The molecule has 0 bridgehead atoms. The van der Waals surface area contributed by atoms with Crippen LogP contribution in [0.2, 0.25) is 10.0 Å². The van der Waals surface area contributed by atoms with Crippen molar-refractivity contribution in [1.29, 1.82) is 0 Å². The van der Waals surface area contributed by atoms with Crippen LogP contribution in [0, 0.1) is 3.57 Å². The van der Waals surface area contributed by atoms with Crippen LogP contribution in [0.25, 0.3) is 6.08 Å². The Kier molecular flexibility index (Phi) is 6.64. The number of imide groups is 1. The van der Waals surface area contributed by atoms with Gasteiger partial charge in [0.15, 0.2) is 0 Å². The summed E-state index contributed by atoms with van der Waals surface area (Å²) in [5, 5.41) is 3.69. The van der Waals surface area contributed by atoms with Crippen molar-refractivity contribution in [3.63, 3.8) is 0 Å². The molecule has 1 fully saturated rings. The SMILES string of the molecule is C=CCN1C(=O)N/C(=C/c2ccc(OCc3ccc(Cl)cc3Cl)c(I)c2)C1=O. The number of rotatable bonds is 6. The summed E-state index contributed by atoms with van der Waals surface area (Å²) in [5.74, 6) is 0.307. The minimum atomic E-state index is -0.453. The number of hydrogen-bond acceptors (Lipinski definition) is 3. The van der Waals surface area contributed by atoms with Gasteiger partial charge in [-0.15, -0.1) is 6.58 Å². The van der Waals surface area contributed by atoms with Crippen LogP contribution in [0.4, 0.5) is 4.79 Å². The van der Waals surface area contributed by atoms with Gasteiger partial charge in [0, 0.05) is 22.2 Å². The fourth-order valence-corrected chi connectivity index (χ4v) is 3.71. The third kappa shape index (κ3) is 4.68. The Balaban J connectivity index is 1.73. The molecule has 0 unspecified atom stereocenters. The largest absolute Gasteiger partial charge is 0.488 e. The average molecular weight is 529 g/mol. The summed E-state index contributed by atoms with van der Waals surface area (Å²) in [6, 6.07) is 10.3. The van der Waals surface area contributed by atoms with Crippen molar-refractivity contribution in [1.82, 2.24) is 10.2 Å². The molecule has 8 heteroatoms. The van der Waals surface area contributed by atoms with E-state index in [0.717, 1.165) is 19.6 Å². The van der Waals surface area contributed by atoms with Crippen molar-refractivity contribution >= 4 is 63.8 Å². The van der Waals surface area contributed by atoms with Gasteiger partial charge in [-0.05, 0) is 58.5 Å². The van der Waals surface area contributed by atoms with Crippen molar-refractivity contribution in [3.8, 4) is 5.75 Å².